The molecule has 0 unspecified atom stereocenters. The lowest BCUT2D eigenvalue weighted by Crippen LogP contribution is -2.07. The minimum absolute atomic E-state index is 0.438. The van der Waals surface area contributed by atoms with Gasteiger partial charge in [-0.3, -0.25) is 4.68 Å². The second-order valence-corrected chi connectivity index (χ2v) is 6.15. The SMILES string of the molecule is C=C/C(Cn1nc(C)c(-c2ccc(C#N)c(Cl)c2)c1C)=C(\C=C)OCC.CC. The van der Waals surface area contributed by atoms with Crippen LogP contribution >= 0.6 is 11.6 Å². The number of benzene rings is 1. The molecule has 1 heterocycles. The Bertz CT molecular complexity index is 917. The Morgan fingerprint density at radius 3 is 2.46 bits per heavy atom. The summed E-state index contributed by atoms with van der Waals surface area (Å²) in [6, 6.07) is 7.51. The van der Waals surface area contributed by atoms with Crippen LogP contribution in [-0.2, 0) is 11.3 Å². The summed E-state index contributed by atoms with van der Waals surface area (Å²) in [7, 11) is 0. The highest BCUT2D eigenvalue weighted by Gasteiger charge is 2.16. The maximum absolute atomic E-state index is 9.05. The molecule has 28 heavy (non-hydrogen) atoms. The highest BCUT2D eigenvalue weighted by molar-refractivity contribution is 6.32. The average molecular weight is 398 g/mol. The number of nitrogens with zero attached hydrogens (tertiary/aromatic N) is 3. The maximum Gasteiger partial charge on any atom is 0.123 e. The molecule has 0 amide bonds. The van der Waals surface area contributed by atoms with Crippen molar-refractivity contribution < 1.29 is 4.74 Å². The van der Waals surface area contributed by atoms with Gasteiger partial charge in [0.25, 0.3) is 0 Å². The van der Waals surface area contributed by atoms with Crippen molar-refractivity contribution in [3.63, 3.8) is 0 Å². The summed E-state index contributed by atoms with van der Waals surface area (Å²) in [4.78, 5) is 0. The van der Waals surface area contributed by atoms with Crippen molar-refractivity contribution in [3.05, 3.63) is 76.8 Å². The third kappa shape index (κ3) is 5.15. The number of allylic oxidation sites excluding steroid dienone is 3. The van der Waals surface area contributed by atoms with Crippen LogP contribution in [0, 0.1) is 25.2 Å². The summed E-state index contributed by atoms with van der Waals surface area (Å²) in [5.41, 5.74) is 5.22. The first-order valence-corrected chi connectivity index (χ1v) is 9.69. The molecule has 0 aliphatic heterocycles. The van der Waals surface area contributed by atoms with E-state index in [2.05, 4.69) is 24.3 Å². The van der Waals surface area contributed by atoms with Crippen LogP contribution in [0.15, 0.2) is 54.8 Å². The molecule has 2 rings (SSSR count). The molecule has 0 saturated heterocycles. The first-order valence-electron chi connectivity index (χ1n) is 9.31. The van der Waals surface area contributed by atoms with E-state index >= 15 is 0 Å². The number of aryl methyl sites for hydroxylation is 1. The number of hydrogen-bond acceptors (Lipinski definition) is 3. The Morgan fingerprint density at radius 1 is 1.29 bits per heavy atom. The van der Waals surface area contributed by atoms with Gasteiger partial charge in [-0.05, 0) is 44.5 Å². The van der Waals surface area contributed by atoms with E-state index in [1.807, 2.05) is 45.4 Å². The van der Waals surface area contributed by atoms with Crippen molar-refractivity contribution in [2.24, 2.45) is 0 Å². The molecule has 148 valence electrons. The van der Waals surface area contributed by atoms with Gasteiger partial charge in [-0.2, -0.15) is 10.4 Å². The summed E-state index contributed by atoms with van der Waals surface area (Å²) in [5.74, 6) is 0.707. The third-order valence-corrected chi connectivity index (χ3v) is 4.44. The molecule has 0 spiro atoms. The van der Waals surface area contributed by atoms with Gasteiger partial charge in [-0.1, -0.05) is 50.7 Å². The minimum atomic E-state index is 0.438. The smallest absolute Gasteiger partial charge is 0.123 e. The number of halogens is 1. The normalized spacial score (nSPS) is 10.9. The number of aromatic nitrogens is 2. The van der Waals surface area contributed by atoms with Gasteiger partial charge >= 0.3 is 0 Å². The second kappa shape index (κ2) is 11.2. The van der Waals surface area contributed by atoms with Crippen molar-refractivity contribution in [1.29, 1.82) is 5.26 Å². The standard InChI is InChI=1S/C21H22ClN3O.C2H6/c1-6-16(20(7-2)26-8-3)13-25-15(5)21(14(4)24-25)17-9-10-18(12-23)19(22)11-17;1-2/h6-7,9-11H,1-2,8,13H2,3-5H3;1-2H3/b20-16-;. The van der Waals surface area contributed by atoms with Gasteiger partial charge in [-0.25, -0.2) is 0 Å². The molecule has 1 aromatic heterocycles. The molecule has 0 fully saturated rings. The van der Waals surface area contributed by atoms with Gasteiger partial charge in [-0.15, -0.1) is 0 Å². The van der Waals surface area contributed by atoms with Gasteiger partial charge in [0.05, 0.1) is 29.4 Å². The van der Waals surface area contributed by atoms with Crippen LogP contribution in [-0.4, -0.2) is 16.4 Å². The average Bonchev–Trinajstić information content (AvgIpc) is 2.99. The summed E-state index contributed by atoms with van der Waals surface area (Å²) < 4.78 is 7.53. The van der Waals surface area contributed by atoms with E-state index in [0.29, 0.717) is 29.5 Å². The second-order valence-electron chi connectivity index (χ2n) is 5.74. The van der Waals surface area contributed by atoms with E-state index in [-0.39, 0.29) is 0 Å². The largest absolute Gasteiger partial charge is 0.494 e. The van der Waals surface area contributed by atoms with Gasteiger partial charge < -0.3 is 4.74 Å². The fourth-order valence-corrected chi connectivity index (χ4v) is 3.10. The molecule has 0 aliphatic rings. The molecular formula is C23H28ClN3O. The summed E-state index contributed by atoms with van der Waals surface area (Å²) in [5, 5.41) is 14.2. The highest BCUT2D eigenvalue weighted by atomic mass is 35.5. The predicted octanol–water partition coefficient (Wildman–Crippen LogP) is 6.38. The van der Waals surface area contributed by atoms with Crippen molar-refractivity contribution in [2.75, 3.05) is 6.61 Å². The zero-order valence-electron chi connectivity index (χ0n) is 17.3. The van der Waals surface area contributed by atoms with E-state index in [1.54, 1.807) is 24.3 Å². The van der Waals surface area contributed by atoms with Gasteiger partial charge in [0.1, 0.15) is 11.8 Å². The zero-order chi connectivity index (χ0) is 21.3. The summed E-state index contributed by atoms with van der Waals surface area (Å²) >= 11 is 6.19. The molecule has 2 aromatic rings. The maximum atomic E-state index is 9.05. The first-order chi connectivity index (χ1) is 13.5. The number of hydrogen-bond donors (Lipinski definition) is 0. The first kappa shape index (κ1) is 23.3. The Balaban J connectivity index is 0.00000190. The molecule has 0 saturated carbocycles. The fourth-order valence-electron chi connectivity index (χ4n) is 2.87. The monoisotopic (exact) mass is 397 g/mol. The van der Waals surface area contributed by atoms with E-state index < -0.39 is 0 Å². The van der Waals surface area contributed by atoms with Crippen LogP contribution in [0.25, 0.3) is 11.1 Å². The number of nitriles is 1. The lowest BCUT2D eigenvalue weighted by atomic mass is 10.0. The van der Waals surface area contributed by atoms with Crippen LogP contribution in [0.2, 0.25) is 5.02 Å². The van der Waals surface area contributed by atoms with Crippen molar-refractivity contribution in [3.8, 4) is 17.2 Å². The van der Waals surface area contributed by atoms with Crippen molar-refractivity contribution in [2.45, 2.75) is 41.2 Å². The summed E-state index contributed by atoms with van der Waals surface area (Å²) in [6.07, 6.45) is 3.45. The lowest BCUT2D eigenvalue weighted by molar-refractivity contribution is 0.238. The van der Waals surface area contributed by atoms with Crippen LogP contribution < -0.4 is 0 Å². The molecule has 4 nitrogen and oxygen atoms in total. The van der Waals surface area contributed by atoms with E-state index in [9.17, 15) is 0 Å². The van der Waals surface area contributed by atoms with E-state index in [0.717, 1.165) is 28.1 Å². The molecule has 0 bridgehead atoms. The van der Waals surface area contributed by atoms with Gasteiger partial charge in [0, 0.05) is 16.8 Å². The van der Waals surface area contributed by atoms with Crippen molar-refractivity contribution >= 4 is 11.6 Å². The third-order valence-electron chi connectivity index (χ3n) is 4.13. The molecule has 1 aromatic carbocycles. The van der Waals surface area contributed by atoms with Crippen molar-refractivity contribution in [1.82, 2.24) is 9.78 Å². The lowest BCUT2D eigenvalue weighted by Gasteiger charge is -2.11. The van der Waals surface area contributed by atoms with Crippen LogP contribution in [0.1, 0.15) is 37.7 Å². The summed E-state index contributed by atoms with van der Waals surface area (Å²) in [6.45, 7) is 18.7. The van der Waals surface area contributed by atoms with E-state index in [1.165, 1.54) is 0 Å². The molecule has 0 radical (unpaired) electrons. The fraction of sp³-hybridized carbons (Fsp3) is 0.304. The molecule has 0 N–H and O–H groups in total. The Hall–Kier alpha value is -2.77. The Kier molecular flexibility index (Phi) is 9.27. The predicted molar refractivity (Wildman–Crippen MR) is 117 cm³/mol. The molecular weight excluding hydrogens is 370 g/mol. The molecule has 0 aliphatic carbocycles. The minimum Gasteiger partial charge on any atom is -0.494 e. The number of ether oxygens (including phenoxy) is 1. The van der Waals surface area contributed by atoms with Gasteiger partial charge in [0.15, 0.2) is 0 Å². The van der Waals surface area contributed by atoms with E-state index in [4.69, 9.17) is 21.6 Å². The molecule has 0 atom stereocenters. The highest BCUT2D eigenvalue weighted by Crippen LogP contribution is 2.31. The number of rotatable bonds is 7. The van der Waals surface area contributed by atoms with Crippen LogP contribution in [0.4, 0.5) is 0 Å². The quantitative estimate of drug-likeness (QED) is 0.402. The Morgan fingerprint density at radius 2 is 1.96 bits per heavy atom. The van der Waals surface area contributed by atoms with Crippen LogP contribution in [0.5, 0.6) is 0 Å². The zero-order valence-corrected chi connectivity index (χ0v) is 18.1. The topological polar surface area (TPSA) is 50.8 Å². The van der Waals surface area contributed by atoms with Gasteiger partial charge in [0.2, 0.25) is 0 Å². The molecule has 5 heteroatoms. The van der Waals surface area contributed by atoms with Crippen LogP contribution in [0.3, 0.4) is 0 Å². The Labute approximate surface area is 173 Å².